The van der Waals surface area contributed by atoms with Crippen molar-refractivity contribution in [2.75, 3.05) is 0 Å². The van der Waals surface area contributed by atoms with Crippen molar-refractivity contribution in [1.29, 1.82) is 0 Å². The second kappa shape index (κ2) is 3.35. The van der Waals surface area contributed by atoms with Crippen molar-refractivity contribution >= 4 is 11.8 Å². The van der Waals surface area contributed by atoms with Crippen molar-refractivity contribution < 1.29 is 5.11 Å². The zero-order valence-corrected chi connectivity index (χ0v) is 8.77. The van der Waals surface area contributed by atoms with Gasteiger partial charge < -0.3 is 5.11 Å². The molecule has 1 N–H and O–H groups in total. The highest BCUT2D eigenvalue weighted by Crippen LogP contribution is 2.39. The molecule has 0 fully saturated rings. The third kappa shape index (κ3) is 1.61. The molecule has 0 amide bonds. The first-order valence-electron chi connectivity index (χ1n) is 4.61. The summed E-state index contributed by atoms with van der Waals surface area (Å²) in [5.41, 5.74) is 2.78. The molecule has 2 heteroatoms. The number of hydrogen-bond acceptors (Lipinski definition) is 2. The van der Waals surface area contributed by atoms with Crippen LogP contribution in [0.3, 0.4) is 0 Å². The molecule has 0 bridgehead atoms. The van der Waals surface area contributed by atoms with Gasteiger partial charge in [-0.15, -0.1) is 11.8 Å². The standard InChI is InChI=1S/C11H14OS/c1-7-4-3-5-10-9(7)6-11(13-10)8(2)12/h3-5,8,11-12H,6H2,1-2H3. The molecule has 1 aliphatic rings. The average molecular weight is 194 g/mol. The van der Waals surface area contributed by atoms with E-state index in [1.807, 2.05) is 18.7 Å². The number of hydrogen-bond donors (Lipinski definition) is 1. The molecule has 0 aliphatic carbocycles. The van der Waals surface area contributed by atoms with E-state index in [2.05, 4.69) is 25.1 Å². The Morgan fingerprint density at radius 3 is 2.92 bits per heavy atom. The van der Waals surface area contributed by atoms with Gasteiger partial charge in [-0.25, -0.2) is 0 Å². The number of aliphatic hydroxyl groups excluding tert-OH is 1. The fraction of sp³-hybridized carbons (Fsp3) is 0.455. The predicted octanol–water partition coefficient (Wildman–Crippen LogP) is 2.39. The normalized spacial score (nSPS) is 22.8. The average Bonchev–Trinajstić information content (AvgIpc) is 2.49. The van der Waals surface area contributed by atoms with Crippen LogP contribution in [0.1, 0.15) is 18.1 Å². The van der Waals surface area contributed by atoms with Crippen LogP contribution in [0.2, 0.25) is 0 Å². The van der Waals surface area contributed by atoms with E-state index in [-0.39, 0.29) is 6.10 Å². The summed E-state index contributed by atoms with van der Waals surface area (Å²) < 4.78 is 0. The number of fused-ring (bicyclic) bond motifs is 1. The molecule has 0 saturated carbocycles. The Balaban J connectivity index is 2.30. The SMILES string of the molecule is Cc1cccc2c1CC(C(C)O)S2. The van der Waals surface area contributed by atoms with E-state index in [0.717, 1.165) is 6.42 Å². The molecule has 1 aromatic rings. The van der Waals surface area contributed by atoms with Crippen molar-refractivity contribution in [2.45, 2.75) is 36.5 Å². The minimum Gasteiger partial charge on any atom is -0.392 e. The van der Waals surface area contributed by atoms with Gasteiger partial charge in [0.05, 0.1) is 6.10 Å². The van der Waals surface area contributed by atoms with Crippen LogP contribution in [0.25, 0.3) is 0 Å². The number of aliphatic hydroxyl groups is 1. The first-order valence-corrected chi connectivity index (χ1v) is 5.49. The summed E-state index contributed by atoms with van der Waals surface area (Å²) in [6, 6.07) is 6.38. The van der Waals surface area contributed by atoms with E-state index in [4.69, 9.17) is 0 Å². The molecule has 0 saturated heterocycles. The van der Waals surface area contributed by atoms with Crippen LogP contribution in [-0.2, 0) is 6.42 Å². The fourth-order valence-corrected chi connectivity index (χ4v) is 3.04. The lowest BCUT2D eigenvalue weighted by Crippen LogP contribution is -2.18. The molecule has 1 aromatic carbocycles. The highest BCUT2D eigenvalue weighted by atomic mass is 32.2. The Bertz CT molecular complexity index is 320. The molecule has 70 valence electrons. The highest BCUT2D eigenvalue weighted by Gasteiger charge is 2.26. The number of benzene rings is 1. The van der Waals surface area contributed by atoms with Crippen molar-refractivity contribution in [3.05, 3.63) is 29.3 Å². The fourth-order valence-electron chi connectivity index (χ4n) is 1.72. The third-order valence-corrected chi connectivity index (χ3v) is 4.09. The van der Waals surface area contributed by atoms with Crippen molar-refractivity contribution in [3.63, 3.8) is 0 Å². The summed E-state index contributed by atoms with van der Waals surface area (Å²) in [5, 5.41) is 9.85. The molecular weight excluding hydrogens is 180 g/mol. The highest BCUT2D eigenvalue weighted by molar-refractivity contribution is 8.00. The van der Waals surface area contributed by atoms with Crippen LogP contribution < -0.4 is 0 Å². The minimum absolute atomic E-state index is 0.211. The van der Waals surface area contributed by atoms with E-state index in [1.165, 1.54) is 16.0 Å². The van der Waals surface area contributed by atoms with Gasteiger partial charge in [-0.2, -0.15) is 0 Å². The molecule has 2 unspecified atom stereocenters. The molecule has 0 spiro atoms. The Kier molecular flexibility index (Phi) is 2.35. The van der Waals surface area contributed by atoms with E-state index >= 15 is 0 Å². The van der Waals surface area contributed by atoms with Gasteiger partial charge in [0.15, 0.2) is 0 Å². The second-order valence-electron chi connectivity index (χ2n) is 3.65. The van der Waals surface area contributed by atoms with Gasteiger partial charge in [0.1, 0.15) is 0 Å². The maximum absolute atomic E-state index is 9.49. The Morgan fingerprint density at radius 1 is 1.54 bits per heavy atom. The van der Waals surface area contributed by atoms with Gasteiger partial charge in [-0.05, 0) is 37.5 Å². The predicted molar refractivity (Wildman–Crippen MR) is 56.2 cm³/mol. The molecule has 13 heavy (non-hydrogen) atoms. The summed E-state index contributed by atoms with van der Waals surface area (Å²) in [6.45, 7) is 4.02. The van der Waals surface area contributed by atoms with Gasteiger partial charge in [0.2, 0.25) is 0 Å². The third-order valence-electron chi connectivity index (χ3n) is 2.59. The largest absolute Gasteiger partial charge is 0.392 e. The molecule has 0 aromatic heterocycles. The van der Waals surface area contributed by atoms with E-state index < -0.39 is 0 Å². The van der Waals surface area contributed by atoms with Crippen LogP contribution in [0, 0.1) is 6.92 Å². The molecule has 1 nitrogen and oxygen atoms in total. The maximum atomic E-state index is 9.49. The zero-order valence-electron chi connectivity index (χ0n) is 7.95. The van der Waals surface area contributed by atoms with Crippen LogP contribution in [-0.4, -0.2) is 16.5 Å². The Hall–Kier alpha value is -0.470. The lowest BCUT2D eigenvalue weighted by atomic mass is 10.0. The molecule has 2 rings (SSSR count). The van der Waals surface area contributed by atoms with Gasteiger partial charge in [-0.1, -0.05) is 12.1 Å². The number of aryl methyl sites for hydroxylation is 1. The molecular formula is C11H14OS. The first-order chi connectivity index (χ1) is 6.18. The molecule has 1 heterocycles. The first kappa shape index (κ1) is 9.10. The maximum Gasteiger partial charge on any atom is 0.0637 e. The Labute approximate surface area is 83.2 Å². The van der Waals surface area contributed by atoms with Gasteiger partial charge in [-0.3, -0.25) is 0 Å². The topological polar surface area (TPSA) is 20.2 Å². The minimum atomic E-state index is -0.211. The summed E-state index contributed by atoms with van der Waals surface area (Å²) in [6.07, 6.45) is 0.807. The van der Waals surface area contributed by atoms with Crippen LogP contribution >= 0.6 is 11.8 Å². The lowest BCUT2D eigenvalue weighted by Gasteiger charge is -2.10. The molecule has 1 aliphatic heterocycles. The quantitative estimate of drug-likeness (QED) is 0.740. The van der Waals surface area contributed by atoms with Crippen LogP contribution in [0.15, 0.2) is 23.1 Å². The van der Waals surface area contributed by atoms with Crippen molar-refractivity contribution in [3.8, 4) is 0 Å². The summed E-state index contributed by atoms with van der Waals surface area (Å²) >= 11 is 1.81. The zero-order chi connectivity index (χ0) is 9.42. The van der Waals surface area contributed by atoms with Gasteiger partial charge >= 0.3 is 0 Å². The van der Waals surface area contributed by atoms with E-state index in [1.54, 1.807) is 0 Å². The van der Waals surface area contributed by atoms with E-state index in [9.17, 15) is 5.11 Å². The monoisotopic (exact) mass is 194 g/mol. The van der Waals surface area contributed by atoms with Crippen LogP contribution in [0.4, 0.5) is 0 Å². The summed E-state index contributed by atoms with van der Waals surface area (Å²) in [7, 11) is 0. The smallest absolute Gasteiger partial charge is 0.0637 e. The van der Waals surface area contributed by atoms with Crippen LogP contribution in [0.5, 0.6) is 0 Å². The van der Waals surface area contributed by atoms with Gasteiger partial charge in [0.25, 0.3) is 0 Å². The second-order valence-corrected chi connectivity index (χ2v) is 4.93. The summed E-state index contributed by atoms with van der Waals surface area (Å²) in [5.74, 6) is 0. The van der Waals surface area contributed by atoms with Crippen molar-refractivity contribution in [1.82, 2.24) is 0 Å². The number of thioether (sulfide) groups is 1. The van der Waals surface area contributed by atoms with Crippen molar-refractivity contribution in [2.24, 2.45) is 0 Å². The lowest BCUT2D eigenvalue weighted by molar-refractivity contribution is 0.192. The molecule has 0 radical (unpaired) electrons. The molecule has 2 atom stereocenters. The van der Waals surface area contributed by atoms with E-state index in [0.29, 0.717) is 5.25 Å². The van der Waals surface area contributed by atoms with Gasteiger partial charge in [0, 0.05) is 10.1 Å². The number of rotatable bonds is 1. The summed E-state index contributed by atoms with van der Waals surface area (Å²) in [4.78, 5) is 1.35. The Morgan fingerprint density at radius 2 is 2.31 bits per heavy atom.